The summed E-state index contributed by atoms with van der Waals surface area (Å²) in [5, 5.41) is 7.21. The van der Waals surface area contributed by atoms with Crippen LogP contribution >= 0.6 is 10.0 Å². The lowest BCUT2D eigenvalue weighted by molar-refractivity contribution is 1.37. The molecule has 3 heterocycles. The van der Waals surface area contributed by atoms with Crippen LogP contribution in [0.1, 0.15) is 0 Å². The molecule has 2 aromatic heterocycles. The Hall–Kier alpha value is -5.77. The van der Waals surface area contributed by atoms with Gasteiger partial charge in [-0.25, -0.2) is 9.97 Å². The summed E-state index contributed by atoms with van der Waals surface area (Å²) in [6, 6.07) is 57.2. The van der Waals surface area contributed by atoms with Gasteiger partial charge in [0.05, 0.1) is 22.4 Å². The minimum atomic E-state index is -1.03. The molecule has 10 rings (SSSR count). The zero-order valence-corrected chi connectivity index (χ0v) is 28.1. The summed E-state index contributed by atoms with van der Waals surface area (Å²) in [6.07, 6.45) is 4.85. The van der Waals surface area contributed by atoms with E-state index in [1.54, 1.807) is 0 Å². The lowest BCUT2D eigenvalue weighted by Crippen LogP contribution is -1.92. The third-order valence-electron chi connectivity index (χ3n) is 10.3. The van der Waals surface area contributed by atoms with Gasteiger partial charge in [-0.3, -0.25) is 0 Å². The summed E-state index contributed by atoms with van der Waals surface area (Å²) in [6.45, 7) is 0. The van der Waals surface area contributed by atoms with Crippen LogP contribution in [0.3, 0.4) is 0 Å². The molecule has 0 N–H and O–H groups in total. The van der Waals surface area contributed by atoms with E-state index in [9.17, 15) is 0 Å². The zero-order valence-electron chi connectivity index (χ0n) is 27.3. The van der Waals surface area contributed by atoms with Crippen molar-refractivity contribution < 1.29 is 0 Å². The average molecular weight is 645 g/mol. The Morgan fingerprint density at radius 3 is 1.80 bits per heavy atom. The maximum Gasteiger partial charge on any atom is 0.0972 e. The van der Waals surface area contributed by atoms with Crippen molar-refractivity contribution in [2.75, 3.05) is 12.5 Å². The van der Waals surface area contributed by atoms with E-state index in [-0.39, 0.29) is 0 Å². The third kappa shape index (κ3) is 4.29. The number of fused-ring (bicyclic) bond motifs is 9. The van der Waals surface area contributed by atoms with Crippen molar-refractivity contribution in [1.82, 2.24) is 9.97 Å². The van der Waals surface area contributed by atoms with E-state index in [1.807, 2.05) is 6.07 Å². The largest absolute Gasteiger partial charge is 0.245 e. The van der Waals surface area contributed by atoms with E-state index in [0.717, 1.165) is 44.3 Å². The van der Waals surface area contributed by atoms with Gasteiger partial charge < -0.3 is 0 Å². The van der Waals surface area contributed by atoms with Gasteiger partial charge in [0.1, 0.15) is 0 Å². The molecule has 9 aromatic rings. The highest BCUT2D eigenvalue weighted by Crippen LogP contribution is 2.68. The van der Waals surface area contributed by atoms with Crippen LogP contribution in [0.25, 0.3) is 88.1 Å². The van der Waals surface area contributed by atoms with E-state index >= 15 is 0 Å². The van der Waals surface area contributed by atoms with Gasteiger partial charge in [-0.05, 0) is 81.1 Å². The molecule has 49 heavy (non-hydrogen) atoms. The Kier molecular flexibility index (Phi) is 6.12. The number of aromatic nitrogens is 2. The van der Waals surface area contributed by atoms with Crippen molar-refractivity contribution in [1.29, 1.82) is 0 Å². The molecule has 0 amide bonds. The fourth-order valence-corrected chi connectivity index (χ4v) is 10.4. The quantitative estimate of drug-likeness (QED) is 0.179. The molecule has 0 spiro atoms. The summed E-state index contributed by atoms with van der Waals surface area (Å²) < 4.78 is 0. The van der Waals surface area contributed by atoms with E-state index < -0.39 is 10.0 Å². The van der Waals surface area contributed by atoms with Crippen molar-refractivity contribution in [3.63, 3.8) is 0 Å². The molecule has 3 heteroatoms. The molecular weight excluding hydrogens is 613 g/mol. The van der Waals surface area contributed by atoms with Gasteiger partial charge in [0.25, 0.3) is 0 Å². The standard InChI is InChI=1S/C46H32N2S/c1-49(2)42-17-7-6-12-39(42)44-35-24-20-32(28-33(35)23-27-43(44)49)34-13-8-15-37-36(34)14-9-16-38(37)41-26-22-31-19-18-30-21-25-40(29-10-4-3-5-11-29)47-45(30)46(31)48-41/h3-28H,1-2H3. The van der Waals surface area contributed by atoms with Crippen molar-refractivity contribution in [2.45, 2.75) is 9.79 Å². The predicted molar refractivity (Wildman–Crippen MR) is 210 cm³/mol. The Morgan fingerprint density at radius 1 is 0.388 bits per heavy atom. The van der Waals surface area contributed by atoms with Gasteiger partial charge in [0, 0.05) is 37.3 Å². The van der Waals surface area contributed by atoms with Crippen molar-refractivity contribution >= 4 is 53.4 Å². The normalized spacial score (nSPS) is 13.9. The maximum atomic E-state index is 5.30. The smallest absolute Gasteiger partial charge is 0.0972 e. The first-order chi connectivity index (χ1) is 24.0. The number of hydrogen-bond donors (Lipinski definition) is 0. The Morgan fingerprint density at radius 2 is 1.00 bits per heavy atom. The molecule has 0 saturated heterocycles. The first-order valence-corrected chi connectivity index (χ1v) is 19.2. The van der Waals surface area contributed by atoms with E-state index in [1.165, 1.54) is 53.6 Å². The van der Waals surface area contributed by atoms with Gasteiger partial charge in [0.15, 0.2) is 0 Å². The van der Waals surface area contributed by atoms with E-state index in [0.29, 0.717) is 0 Å². The highest BCUT2D eigenvalue weighted by atomic mass is 32.3. The maximum absolute atomic E-state index is 5.30. The Balaban J connectivity index is 1.11. The second-order valence-corrected chi connectivity index (χ2v) is 16.9. The van der Waals surface area contributed by atoms with Crippen molar-refractivity contribution in [3.05, 3.63) is 158 Å². The highest BCUT2D eigenvalue weighted by molar-refractivity contribution is 8.33. The summed E-state index contributed by atoms with van der Waals surface area (Å²) in [5.74, 6) is 0. The molecular formula is C46H32N2S. The van der Waals surface area contributed by atoms with Crippen LogP contribution in [0, 0.1) is 0 Å². The Labute approximate surface area is 287 Å². The zero-order chi connectivity index (χ0) is 32.7. The summed E-state index contributed by atoms with van der Waals surface area (Å²) in [4.78, 5) is 13.4. The molecule has 2 nitrogen and oxygen atoms in total. The Bertz CT molecular complexity index is 2800. The fraction of sp³-hybridized carbons (Fsp3) is 0.0435. The van der Waals surface area contributed by atoms with E-state index in [4.69, 9.17) is 9.97 Å². The minimum absolute atomic E-state index is 0.926. The average Bonchev–Trinajstić information content (AvgIpc) is 3.40. The lowest BCUT2D eigenvalue weighted by Gasteiger charge is -2.28. The first-order valence-electron chi connectivity index (χ1n) is 16.7. The second kappa shape index (κ2) is 10.6. The topological polar surface area (TPSA) is 25.8 Å². The highest BCUT2D eigenvalue weighted by Gasteiger charge is 2.32. The fourth-order valence-electron chi connectivity index (χ4n) is 7.89. The number of hydrogen-bond acceptors (Lipinski definition) is 2. The predicted octanol–water partition coefficient (Wildman–Crippen LogP) is 12.6. The third-order valence-corrected chi connectivity index (χ3v) is 13.2. The van der Waals surface area contributed by atoms with Crippen LogP contribution < -0.4 is 0 Å². The number of nitrogens with zero attached hydrogens (tertiary/aromatic N) is 2. The molecule has 0 unspecified atom stereocenters. The van der Waals surface area contributed by atoms with Gasteiger partial charge in [0.2, 0.25) is 0 Å². The minimum Gasteiger partial charge on any atom is -0.245 e. The lowest BCUT2D eigenvalue weighted by atomic mass is 9.91. The van der Waals surface area contributed by atoms with Gasteiger partial charge >= 0.3 is 0 Å². The van der Waals surface area contributed by atoms with Gasteiger partial charge in [-0.1, -0.05) is 127 Å². The molecule has 7 aromatic carbocycles. The molecule has 0 fully saturated rings. The van der Waals surface area contributed by atoms with Crippen LogP contribution in [-0.2, 0) is 0 Å². The molecule has 0 radical (unpaired) electrons. The number of rotatable bonds is 3. The summed E-state index contributed by atoms with van der Waals surface area (Å²) in [7, 11) is -1.03. The SMILES string of the molecule is CS1(C)c2ccccc2-c2c1ccc1cc(-c3cccc4c(-c5ccc6ccc7ccc(-c8ccccc8)nc7c6n5)cccc34)ccc21. The van der Waals surface area contributed by atoms with Crippen LogP contribution in [-0.4, -0.2) is 22.5 Å². The van der Waals surface area contributed by atoms with Crippen molar-refractivity contribution in [3.8, 4) is 44.8 Å². The van der Waals surface area contributed by atoms with Gasteiger partial charge in [-0.15, -0.1) is 0 Å². The molecule has 0 aliphatic carbocycles. The summed E-state index contributed by atoms with van der Waals surface area (Å²) >= 11 is 0. The first kappa shape index (κ1) is 28.3. The van der Waals surface area contributed by atoms with E-state index in [2.05, 4.69) is 164 Å². The summed E-state index contributed by atoms with van der Waals surface area (Å²) in [5.41, 5.74) is 11.3. The molecule has 232 valence electrons. The number of benzene rings is 7. The monoisotopic (exact) mass is 644 g/mol. The van der Waals surface area contributed by atoms with Crippen LogP contribution in [0.2, 0.25) is 0 Å². The van der Waals surface area contributed by atoms with Crippen molar-refractivity contribution in [2.24, 2.45) is 0 Å². The van der Waals surface area contributed by atoms with Crippen LogP contribution in [0.15, 0.2) is 168 Å². The van der Waals surface area contributed by atoms with Gasteiger partial charge in [-0.2, -0.15) is 10.0 Å². The molecule has 0 bridgehead atoms. The van der Waals surface area contributed by atoms with Crippen LogP contribution in [0.4, 0.5) is 0 Å². The second-order valence-electron chi connectivity index (χ2n) is 13.4. The number of pyridine rings is 2. The molecule has 0 atom stereocenters. The molecule has 0 saturated carbocycles. The molecule has 1 aliphatic rings. The molecule has 1 aliphatic heterocycles. The van der Waals surface area contributed by atoms with Crippen LogP contribution in [0.5, 0.6) is 0 Å².